The van der Waals surface area contributed by atoms with Gasteiger partial charge in [0.2, 0.25) is 5.88 Å². The van der Waals surface area contributed by atoms with Gasteiger partial charge >= 0.3 is 0 Å². The summed E-state index contributed by atoms with van der Waals surface area (Å²) in [5.74, 6) is 0.524. The minimum Gasteiger partial charge on any atom is -0.477 e. The minimum absolute atomic E-state index is 0.225. The smallest absolute Gasteiger partial charge is 0.251 e. The Morgan fingerprint density at radius 2 is 2.17 bits per heavy atom. The van der Waals surface area contributed by atoms with E-state index >= 15 is 0 Å². The molecule has 0 bridgehead atoms. The molecule has 36 heavy (non-hydrogen) atoms. The van der Waals surface area contributed by atoms with E-state index in [2.05, 4.69) is 21.5 Å². The lowest BCUT2D eigenvalue weighted by Crippen LogP contribution is -2.33. The zero-order chi connectivity index (χ0) is 24.7. The number of carbonyl (C=O) groups excluding carboxylic acids is 1. The third-order valence-corrected chi connectivity index (χ3v) is 6.74. The summed E-state index contributed by atoms with van der Waals surface area (Å²) in [4.78, 5) is 22.2. The summed E-state index contributed by atoms with van der Waals surface area (Å²) in [6.07, 6.45) is 4.49. The Bertz CT molecular complexity index is 1540. The molecule has 6 rings (SSSR count). The Morgan fingerprint density at radius 1 is 1.25 bits per heavy atom. The monoisotopic (exact) mass is 480 g/mol. The Labute approximate surface area is 207 Å². The van der Waals surface area contributed by atoms with Crippen molar-refractivity contribution in [3.63, 3.8) is 0 Å². The Balaban J connectivity index is 1.22. The van der Waals surface area contributed by atoms with Crippen molar-refractivity contribution in [1.29, 1.82) is 5.26 Å². The zero-order valence-corrected chi connectivity index (χ0v) is 19.8. The molecule has 4 aromatic rings. The molecule has 0 saturated carbocycles. The molecule has 1 amide bonds. The average Bonchev–Trinajstić information content (AvgIpc) is 3.35. The van der Waals surface area contributed by atoms with Gasteiger partial charge in [0.1, 0.15) is 5.41 Å². The molecular weight excluding hydrogens is 456 g/mol. The summed E-state index contributed by atoms with van der Waals surface area (Å²) in [7, 11) is 0. The van der Waals surface area contributed by atoms with Crippen LogP contribution in [0.5, 0.6) is 5.88 Å². The lowest BCUT2D eigenvalue weighted by Gasteiger charge is -2.30. The van der Waals surface area contributed by atoms with Crippen LogP contribution in [0.2, 0.25) is 0 Å². The van der Waals surface area contributed by atoms with E-state index in [1.807, 2.05) is 35.9 Å². The molecule has 0 unspecified atom stereocenters. The molecular formula is C27H24N6O3. The van der Waals surface area contributed by atoms with Crippen LogP contribution in [-0.4, -0.2) is 38.9 Å². The first kappa shape index (κ1) is 22.2. The van der Waals surface area contributed by atoms with Crippen LogP contribution in [0.15, 0.2) is 48.8 Å². The zero-order valence-electron chi connectivity index (χ0n) is 19.8. The number of nitriles is 1. The van der Waals surface area contributed by atoms with E-state index in [9.17, 15) is 10.1 Å². The highest BCUT2D eigenvalue weighted by Crippen LogP contribution is 2.33. The first-order valence-electron chi connectivity index (χ1n) is 11.9. The normalized spacial score (nSPS) is 18.6. The van der Waals surface area contributed by atoms with Gasteiger partial charge in [-0.25, -0.2) is 9.67 Å². The average molecular weight is 481 g/mol. The van der Waals surface area contributed by atoms with Crippen molar-refractivity contribution in [3.05, 3.63) is 71.2 Å². The third-order valence-electron chi connectivity index (χ3n) is 6.74. The maximum atomic E-state index is 12.9. The van der Waals surface area contributed by atoms with E-state index in [1.54, 1.807) is 24.5 Å². The van der Waals surface area contributed by atoms with Crippen molar-refractivity contribution in [3.8, 4) is 23.2 Å². The van der Waals surface area contributed by atoms with Crippen LogP contribution in [0.1, 0.15) is 40.5 Å². The van der Waals surface area contributed by atoms with Crippen molar-refractivity contribution < 1.29 is 14.3 Å². The van der Waals surface area contributed by atoms with Crippen molar-refractivity contribution in [2.45, 2.75) is 38.5 Å². The molecule has 0 radical (unpaired) electrons. The van der Waals surface area contributed by atoms with Crippen LogP contribution in [0.3, 0.4) is 0 Å². The van der Waals surface area contributed by atoms with Crippen molar-refractivity contribution in [2.24, 2.45) is 0 Å². The molecule has 2 aliphatic rings. The summed E-state index contributed by atoms with van der Waals surface area (Å²) in [5, 5.41) is 17.9. The number of aromatic nitrogens is 4. The summed E-state index contributed by atoms with van der Waals surface area (Å²) in [6.45, 7) is 4.35. The van der Waals surface area contributed by atoms with Gasteiger partial charge < -0.3 is 14.8 Å². The quantitative estimate of drug-likeness (QED) is 0.475. The fourth-order valence-electron chi connectivity index (χ4n) is 4.71. The van der Waals surface area contributed by atoms with E-state index < -0.39 is 5.41 Å². The fraction of sp³-hybridized carbons (Fsp3) is 0.296. The number of rotatable bonds is 4. The van der Waals surface area contributed by atoms with Gasteiger partial charge in [0.25, 0.3) is 5.91 Å². The van der Waals surface area contributed by atoms with E-state index in [1.165, 1.54) is 0 Å². The molecule has 2 aliphatic heterocycles. The van der Waals surface area contributed by atoms with Crippen LogP contribution in [0.25, 0.3) is 22.2 Å². The Kier molecular flexibility index (Phi) is 5.38. The molecule has 0 spiro atoms. The molecule has 9 heteroatoms. The van der Waals surface area contributed by atoms with Gasteiger partial charge in [0.05, 0.1) is 61.1 Å². The van der Waals surface area contributed by atoms with E-state index in [4.69, 9.17) is 14.5 Å². The topological polar surface area (TPSA) is 115 Å². The van der Waals surface area contributed by atoms with Crippen molar-refractivity contribution in [2.75, 3.05) is 13.2 Å². The van der Waals surface area contributed by atoms with Crippen LogP contribution >= 0.6 is 0 Å². The number of nitrogens with zero attached hydrogens (tertiary/aromatic N) is 5. The predicted octanol–water partition coefficient (Wildman–Crippen LogP) is 3.52. The predicted molar refractivity (Wildman–Crippen MR) is 131 cm³/mol. The molecule has 5 heterocycles. The SMILES string of the molecule is C[C@@]1(C#N)COCc2ccc(C(=O)NCc3cc4nc(-c5cnn6c5OCCC6)ccc4cn3)cc21. The van der Waals surface area contributed by atoms with Gasteiger partial charge in [-0.1, -0.05) is 6.07 Å². The number of ether oxygens (including phenoxy) is 2. The van der Waals surface area contributed by atoms with Gasteiger partial charge in [-0.2, -0.15) is 10.4 Å². The molecule has 3 aromatic heterocycles. The highest BCUT2D eigenvalue weighted by molar-refractivity contribution is 5.94. The standard InChI is InChI=1S/C27H24N6O3/c1-27(15-28)16-35-14-19-4-3-17(9-22(19)27)25(34)30-12-20-10-24-18(11-29-20)5-6-23(32-24)21-13-31-33-7-2-8-36-26(21)33/h3-6,9-11,13H,2,7-8,12,14,16H2,1H3,(H,30,34)/t27-/m1/s1. The largest absolute Gasteiger partial charge is 0.477 e. The van der Waals surface area contributed by atoms with E-state index in [-0.39, 0.29) is 12.5 Å². The van der Waals surface area contributed by atoms with Gasteiger partial charge in [0, 0.05) is 30.1 Å². The number of pyridine rings is 2. The second-order valence-corrected chi connectivity index (χ2v) is 9.34. The lowest BCUT2D eigenvalue weighted by molar-refractivity contribution is 0.0757. The number of nitrogens with one attached hydrogen (secondary N) is 1. The van der Waals surface area contributed by atoms with Gasteiger partial charge in [-0.05, 0) is 48.4 Å². The molecule has 0 aliphatic carbocycles. The summed E-state index contributed by atoms with van der Waals surface area (Å²) in [5.41, 5.74) is 4.64. The Hall–Kier alpha value is -4.29. The van der Waals surface area contributed by atoms with Crippen LogP contribution < -0.4 is 10.1 Å². The second kappa shape index (κ2) is 8.73. The third kappa shape index (κ3) is 3.85. The van der Waals surface area contributed by atoms with E-state index in [0.29, 0.717) is 31.1 Å². The number of benzene rings is 1. The summed E-state index contributed by atoms with van der Waals surface area (Å²) < 4.78 is 13.2. The molecule has 1 N–H and O–H groups in total. The molecule has 1 atom stereocenters. The summed E-state index contributed by atoms with van der Waals surface area (Å²) >= 11 is 0. The first-order chi connectivity index (χ1) is 17.5. The molecule has 0 fully saturated rings. The molecule has 9 nitrogen and oxygen atoms in total. The van der Waals surface area contributed by atoms with Crippen LogP contribution in [-0.2, 0) is 29.8 Å². The molecule has 0 saturated heterocycles. The van der Waals surface area contributed by atoms with Crippen LogP contribution in [0.4, 0.5) is 0 Å². The number of carbonyl (C=O) groups is 1. The number of aryl methyl sites for hydroxylation is 1. The number of amides is 1. The maximum absolute atomic E-state index is 12.9. The Morgan fingerprint density at radius 3 is 3.06 bits per heavy atom. The highest BCUT2D eigenvalue weighted by Gasteiger charge is 2.33. The minimum atomic E-state index is -0.771. The van der Waals surface area contributed by atoms with Crippen molar-refractivity contribution >= 4 is 16.8 Å². The van der Waals surface area contributed by atoms with Gasteiger partial charge in [0.15, 0.2) is 0 Å². The fourth-order valence-corrected chi connectivity index (χ4v) is 4.71. The summed E-state index contributed by atoms with van der Waals surface area (Å²) in [6, 6.07) is 13.5. The van der Waals surface area contributed by atoms with Gasteiger partial charge in [-0.3, -0.25) is 9.78 Å². The van der Waals surface area contributed by atoms with Crippen molar-refractivity contribution in [1.82, 2.24) is 25.1 Å². The molecule has 180 valence electrons. The number of fused-ring (bicyclic) bond motifs is 3. The second-order valence-electron chi connectivity index (χ2n) is 9.34. The maximum Gasteiger partial charge on any atom is 0.251 e. The van der Waals surface area contributed by atoms with E-state index in [0.717, 1.165) is 52.1 Å². The lowest BCUT2D eigenvalue weighted by atomic mass is 9.79. The highest BCUT2D eigenvalue weighted by atomic mass is 16.5. The number of hydrogen-bond acceptors (Lipinski definition) is 7. The van der Waals surface area contributed by atoms with Gasteiger partial charge in [-0.15, -0.1) is 0 Å². The molecule has 1 aromatic carbocycles. The van der Waals surface area contributed by atoms with Crippen LogP contribution in [0, 0.1) is 11.3 Å². The first-order valence-corrected chi connectivity index (χ1v) is 11.9. The number of hydrogen-bond donors (Lipinski definition) is 1.